The van der Waals surface area contributed by atoms with Gasteiger partial charge in [0.15, 0.2) is 0 Å². The number of benzene rings is 2. The van der Waals surface area contributed by atoms with Crippen LogP contribution in [0.2, 0.25) is 0 Å². The van der Waals surface area contributed by atoms with Crippen LogP contribution in [0.15, 0.2) is 67.3 Å². The van der Waals surface area contributed by atoms with Gasteiger partial charge in [0.2, 0.25) is 0 Å². The molecule has 0 spiro atoms. The van der Waals surface area contributed by atoms with Crippen molar-refractivity contribution in [2.45, 2.75) is 6.54 Å². The number of nitrogens with zero attached hydrogens (tertiary/aromatic N) is 2. The molecule has 3 aromatic rings. The minimum Gasteiger partial charge on any atom is -0.355 e. The van der Waals surface area contributed by atoms with Gasteiger partial charge in [-0.15, -0.1) is 0 Å². The number of hydrogen-bond acceptors (Lipinski definition) is 3. The van der Waals surface area contributed by atoms with Crippen LogP contribution in [0.1, 0.15) is 15.9 Å². The topological polar surface area (TPSA) is 88.0 Å². The Labute approximate surface area is 151 Å². The molecule has 2 aromatic carbocycles. The van der Waals surface area contributed by atoms with E-state index in [9.17, 15) is 9.59 Å². The molecule has 3 rings (SSSR count). The largest absolute Gasteiger partial charge is 0.355 e. The third kappa shape index (κ3) is 4.27. The molecule has 0 radical (unpaired) electrons. The zero-order valence-electron chi connectivity index (χ0n) is 14.3. The van der Waals surface area contributed by atoms with Crippen LogP contribution >= 0.6 is 0 Å². The van der Waals surface area contributed by atoms with Crippen molar-refractivity contribution in [2.75, 3.05) is 12.4 Å². The Morgan fingerprint density at radius 2 is 1.77 bits per heavy atom. The standard InChI is InChI=1S/C19H19N5O2/c1-20-18(25)15-4-6-16(7-5-15)23-19(26)22-12-14-2-8-17(9-3-14)24-11-10-21-13-24/h2-11,13H,12H2,1H3,(H,20,25)(H2,22,23,26). The minimum absolute atomic E-state index is 0.167. The van der Waals surface area contributed by atoms with E-state index in [2.05, 4.69) is 20.9 Å². The van der Waals surface area contributed by atoms with Crippen LogP contribution in [0.5, 0.6) is 0 Å². The molecule has 7 nitrogen and oxygen atoms in total. The molecule has 0 saturated heterocycles. The Morgan fingerprint density at radius 1 is 1.04 bits per heavy atom. The highest BCUT2D eigenvalue weighted by atomic mass is 16.2. The highest BCUT2D eigenvalue weighted by Crippen LogP contribution is 2.11. The maximum atomic E-state index is 12.0. The highest BCUT2D eigenvalue weighted by molar-refractivity contribution is 5.95. The zero-order chi connectivity index (χ0) is 18.4. The molecule has 26 heavy (non-hydrogen) atoms. The molecule has 0 fully saturated rings. The van der Waals surface area contributed by atoms with Crippen molar-refractivity contribution in [2.24, 2.45) is 0 Å². The normalized spacial score (nSPS) is 10.2. The lowest BCUT2D eigenvalue weighted by atomic mass is 10.2. The molecular weight excluding hydrogens is 330 g/mol. The van der Waals surface area contributed by atoms with E-state index in [0.29, 0.717) is 17.8 Å². The number of anilines is 1. The molecule has 3 amide bonds. The van der Waals surface area contributed by atoms with Crippen LogP contribution in [-0.2, 0) is 6.54 Å². The van der Waals surface area contributed by atoms with Crippen LogP contribution in [-0.4, -0.2) is 28.5 Å². The first-order valence-corrected chi connectivity index (χ1v) is 8.10. The second-order valence-electron chi connectivity index (χ2n) is 5.60. The quantitative estimate of drug-likeness (QED) is 0.661. The molecule has 132 valence electrons. The molecule has 1 heterocycles. The third-order valence-corrected chi connectivity index (χ3v) is 3.82. The van der Waals surface area contributed by atoms with Crippen molar-refractivity contribution in [1.29, 1.82) is 0 Å². The van der Waals surface area contributed by atoms with Crippen molar-refractivity contribution in [3.05, 3.63) is 78.4 Å². The molecular formula is C19H19N5O2. The van der Waals surface area contributed by atoms with Crippen LogP contribution in [0.25, 0.3) is 5.69 Å². The first-order valence-electron chi connectivity index (χ1n) is 8.10. The van der Waals surface area contributed by atoms with Crippen molar-refractivity contribution in [3.63, 3.8) is 0 Å². The maximum absolute atomic E-state index is 12.0. The molecule has 1 aromatic heterocycles. The van der Waals surface area contributed by atoms with E-state index in [1.165, 1.54) is 0 Å². The first kappa shape index (κ1) is 17.2. The summed E-state index contributed by atoms with van der Waals surface area (Å²) in [6.45, 7) is 0.409. The fourth-order valence-corrected chi connectivity index (χ4v) is 2.40. The second-order valence-corrected chi connectivity index (χ2v) is 5.60. The van der Waals surface area contributed by atoms with Gasteiger partial charge in [0, 0.05) is 42.9 Å². The Balaban J connectivity index is 1.51. The van der Waals surface area contributed by atoms with Crippen molar-refractivity contribution in [1.82, 2.24) is 20.2 Å². The van der Waals surface area contributed by atoms with Gasteiger partial charge in [-0.05, 0) is 42.0 Å². The van der Waals surface area contributed by atoms with Gasteiger partial charge in [-0.2, -0.15) is 0 Å². The minimum atomic E-state index is -0.309. The summed E-state index contributed by atoms with van der Waals surface area (Å²) < 4.78 is 1.91. The Hall–Kier alpha value is -3.61. The number of imidazole rings is 1. The number of urea groups is 1. The van der Waals surface area contributed by atoms with Crippen LogP contribution in [0.3, 0.4) is 0 Å². The average molecular weight is 349 g/mol. The summed E-state index contributed by atoms with van der Waals surface area (Å²) in [5, 5.41) is 8.09. The number of carbonyl (C=O) groups is 2. The van der Waals surface area contributed by atoms with Gasteiger partial charge in [-0.25, -0.2) is 9.78 Å². The summed E-state index contributed by atoms with van der Waals surface area (Å²) in [4.78, 5) is 27.5. The fourth-order valence-electron chi connectivity index (χ4n) is 2.40. The maximum Gasteiger partial charge on any atom is 0.319 e. The van der Waals surface area contributed by atoms with E-state index in [-0.39, 0.29) is 11.9 Å². The van der Waals surface area contributed by atoms with Gasteiger partial charge in [0.25, 0.3) is 5.91 Å². The number of hydrogen-bond donors (Lipinski definition) is 3. The summed E-state index contributed by atoms with van der Waals surface area (Å²) >= 11 is 0. The Kier molecular flexibility index (Phi) is 5.28. The van der Waals surface area contributed by atoms with Crippen LogP contribution in [0, 0.1) is 0 Å². The van der Waals surface area contributed by atoms with Gasteiger partial charge >= 0.3 is 6.03 Å². The molecule has 3 N–H and O–H groups in total. The Morgan fingerprint density at radius 3 is 2.38 bits per heavy atom. The zero-order valence-corrected chi connectivity index (χ0v) is 14.3. The molecule has 0 unspecified atom stereocenters. The number of rotatable bonds is 5. The van der Waals surface area contributed by atoms with E-state index in [1.54, 1.807) is 43.8 Å². The summed E-state index contributed by atoms with van der Waals surface area (Å²) in [6.07, 6.45) is 5.33. The van der Waals surface area contributed by atoms with Crippen molar-refractivity contribution < 1.29 is 9.59 Å². The summed E-state index contributed by atoms with van der Waals surface area (Å²) in [5.41, 5.74) is 3.15. The van der Waals surface area contributed by atoms with Gasteiger partial charge < -0.3 is 20.5 Å². The number of aromatic nitrogens is 2. The van der Waals surface area contributed by atoms with Gasteiger partial charge in [-0.1, -0.05) is 12.1 Å². The number of nitrogens with one attached hydrogen (secondary N) is 3. The molecule has 7 heteroatoms. The van der Waals surface area contributed by atoms with E-state index in [4.69, 9.17) is 0 Å². The average Bonchev–Trinajstić information content (AvgIpc) is 3.21. The lowest BCUT2D eigenvalue weighted by molar-refractivity contribution is 0.0963. The van der Waals surface area contributed by atoms with Gasteiger partial charge in [0.1, 0.15) is 0 Å². The predicted molar refractivity (Wildman–Crippen MR) is 99.3 cm³/mol. The fraction of sp³-hybridized carbons (Fsp3) is 0.105. The second kappa shape index (κ2) is 7.98. The summed E-state index contributed by atoms with van der Waals surface area (Å²) in [5.74, 6) is -0.167. The molecule has 0 bridgehead atoms. The lowest BCUT2D eigenvalue weighted by Crippen LogP contribution is -2.28. The smallest absolute Gasteiger partial charge is 0.319 e. The lowest BCUT2D eigenvalue weighted by Gasteiger charge is -2.09. The SMILES string of the molecule is CNC(=O)c1ccc(NC(=O)NCc2ccc(-n3ccnc3)cc2)cc1. The van der Waals surface area contributed by atoms with E-state index in [1.807, 2.05) is 35.0 Å². The van der Waals surface area contributed by atoms with Gasteiger partial charge in [-0.3, -0.25) is 4.79 Å². The number of carbonyl (C=O) groups excluding carboxylic acids is 2. The van der Waals surface area contributed by atoms with Crippen LogP contribution in [0.4, 0.5) is 10.5 Å². The first-order chi connectivity index (χ1) is 12.7. The van der Waals surface area contributed by atoms with Gasteiger partial charge in [0.05, 0.1) is 6.33 Å². The third-order valence-electron chi connectivity index (χ3n) is 3.82. The Bertz CT molecular complexity index is 871. The van der Waals surface area contributed by atoms with Crippen molar-refractivity contribution in [3.8, 4) is 5.69 Å². The van der Waals surface area contributed by atoms with Crippen LogP contribution < -0.4 is 16.0 Å². The molecule has 0 atom stereocenters. The summed E-state index contributed by atoms with van der Waals surface area (Å²) in [6, 6.07) is 14.2. The monoisotopic (exact) mass is 349 g/mol. The van der Waals surface area contributed by atoms with E-state index >= 15 is 0 Å². The molecule has 0 aliphatic rings. The molecule has 0 saturated carbocycles. The number of amides is 3. The molecule has 0 aliphatic carbocycles. The summed E-state index contributed by atoms with van der Waals surface area (Å²) in [7, 11) is 1.57. The highest BCUT2D eigenvalue weighted by Gasteiger charge is 2.05. The van der Waals surface area contributed by atoms with Crippen molar-refractivity contribution >= 4 is 17.6 Å². The van der Waals surface area contributed by atoms with E-state index < -0.39 is 0 Å². The van der Waals surface area contributed by atoms with E-state index in [0.717, 1.165) is 11.3 Å². The predicted octanol–water partition coefficient (Wildman–Crippen LogP) is 2.55. The molecule has 0 aliphatic heterocycles.